The first-order valence-electron chi connectivity index (χ1n) is 9.55. The molecule has 0 radical (unpaired) electrons. The van der Waals surface area contributed by atoms with Gasteiger partial charge in [0.1, 0.15) is 0 Å². The standard InChI is InChI=1S/C20H31N3O2/c1-3-22(2)14-16-9-11-23(15-16)20(24)21-13-18-10-12-25-19(18)17-7-5-4-6-8-17/h4-8,16,18-19H,3,9-15H2,1-2H3,(H,21,24). The molecule has 2 heterocycles. The molecule has 2 amide bonds. The van der Waals surface area contributed by atoms with Crippen molar-refractivity contribution in [2.75, 3.05) is 46.4 Å². The summed E-state index contributed by atoms with van der Waals surface area (Å²) in [4.78, 5) is 16.8. The average Bonchev–Trinajstić information content (AvgIpc) is 3.29. The molecule has 1 aromatic carbocycles. The zero-order chi connectivity index (χ0) is 17.6. The van der Waals surface area contributed by atoms with Gasteiger partial charge in [-0.2, -0.15) is 0 Å². The molecule has 1 aromatic rings. The zero-order valence-electron chi connectivity index (χ0n) is 15.5. The highest BCUT2D eigenvalue weighted by Gasteiger charge is 2.31. The summed E-state index contributed by atoms with van der Waals surface area (Å²) in [5.74, 6) is 0.957. The van der Waals surface area contributed by atoms with E-state index in [1.54, 1.807) is 0 Å². The monoisotopic (exact) mass is 345 g/mol. The van der Waals surface area contributed by atoms with E-state index < -0.39 is 0 Å². The third-order valence-electron chi connectivity index (χ3n) is 5.54. The van der Waals surface area contributed by atoms with Crippen LogP contribution in [-0.4, -0.2) is 62.2 Å². The molecule has 3 rings (SSSR count). The molecule has 2 saturated heterocycles. The topological polar surface area (TPSA) is 44.8 Å². The number of nitrogens with one attached hydrogen (secondary N) is 1. The first-order valence-corrected chi connectivity index (χ1v) is 9.55. The summed E-state index contributed by atoms with van der Waals surface area (Å²) in [7, 11) is 2.15. The van der Waals surface area contributed by atoms with Gasteiger partial charge in [-0.15, -0.1) is 0 Å². The Morgan fingerprint density at radius 2 is 2.12 bits per heavy atom. The minimum atomic E-state index is 0.0837. The fourth-order valence-electron chi connectivity index (χ4n) is 3.92. The Hall–Kier alpha value is -1.59. The summed E-state index contributed by atoms with van der Waals surface area (Å²) >= 11 is 0. The van der Waals surface area contributed by atoms with Crippen molar-refractivity contribution in [1.29, 1.82) is 0 Å². The van der Waals surface area contributed by atoms with E-state index in [9.17, 15) is 4.79 Å². The van der Waals surface area contributed by atoms with E-state index in [2.05, 4.69) is 36.3 Å². The molecule has 3 atom stereocenters. The van der Waals surface area contributed by atoms with Gasteiger partial charge in [-0.05, 0) is 37.9 Å². The number of likely N-dealkylation sites (tertiary alicyclic amines) is 1. The van der Waals surface area contributed by atoms with Gasteiger partial charge < -0.3 is 19.9 Å². The highest BCUT2D eigenvalue weighted by Crippen LogP contribution is 2.33. The van der Waals surface area contributed by atoms with E-state index in [0.717, 1.165) is 45.6 Å². The maximum absolute atomic E-state index is 12.5. The average molecular weight is 345 g/mol. The van der Waals surface area contributed by atoms with Gasteiger partial charge in [0.2, 0.25) is 0 Å². The molecule has 2 fully saturated rings. The van der Waals surface area contributed by atoms with Crippen molar-refractivity contribution >= 4 is 6.03 Å². The molecule has 0 aromatic heterocycles. The van der Waals surface area contributed by atoms with Gasteiger partial charge in [-0.25, -0.2) is 4.79 Å². The summed E-state index contributed by atoms with van der Waals surface area (Å²) in [5, 5.41) is 3.15. The Kier molecular flexibility index (Phi) is 6.32. The summed E-state index contributed by atoms with van der Waals surface area (Å²) in [5.41, 5.74) is 1.21. The predicted octanol–water partition coefficient (Wildman–Crippen LogP) is 2.75. The van der Waals surface area contributed by atoms with Gasteiger partial charge in [0.15, 0.2) is 0 Å². The summed E-state index contributed by atoms with van der Waals surface area (Å²) in [6, 6.07) is 10.4. The molecular weight excluding hydrogens is 314 g/mol. The third kappa shape index (κ3) is 4.73. The second-order valence-electron chi connectivity index (χ2n) is 7.39. The van der Waals surface area contributed by atoms with Gasteiger partial charge in [-0.3, -0.25) is 0 Å². The third-order valence-corrected chi connectivity index (χ3v) is 5.54. The second kappa shape index (κ2) is 8.68. The number of benzene rings is 1. The summed E-state index contributed by atoms with van der Waals surface area (Å²) in [6.45, 7) is 7.52. The number of rotatable bonds is 6. The molecule has 2 aliphatic heterocycles. The van der Waals surface area contributed by atoms with Crippen LogP contribution in [0.2, 0.25) is 0 Å². The number of ether oxygens (including phenoxy) is 1. The maximum Gasteiger partial charge on any atom is 0.317 e. The van der Waals surface area contributed by atoms with Crippen LogP contribution >= 0.6 is 0 Å². The van der Waals surface area contributed by atoms with Crippen LogP contribution in [0.4, 0.5) is 4.79 Å². The van der Waals surface area contributed by atoms with Crippen LogP contribution < -0.4 is 5.32 Å². The Balaban J connectivity index is 1.46. The normalized spacial score (nSPS) is 26.4. The van der Waals surface area contributed by atoms with Gasteiger partial charge in [0, 0.05) is 38.7 Å². The van der Waals surface area contributed by atoms with Crippen LogP contribution in [0.25, 0.3) is 0 Å². The summed E-state index contributed by atoms with van der Waals surface area (Å²) in [6.07, 6.45) is 2.21. The van der Waals surface area contributed by atoms with Crippen molar-refractivity contribution in [3.05, 3.63) is 35.9 Å². The number of carbonyl (C=O) groups is 1. The molecular formula is C20H31N3O2. The fraction of sp³-hybridized carbons (Fsp3) is 0.650. The highest BCUT2D eigenvalue weighted by molar-refractivity contribution is 5.74. The van der Waals surface area contributed by atoms with Gasteiger partial charge >= 0.3 is 6.03 Å². The quantitative estimate of drug-likeness (QED) is 0.862. The molecule has 2 aliphatic rings. The SMILES string of the molecule is CCN(C)CC1CCN(C(=O)NCC2CCOC2c2ccccc2)C1. The van der Waals surface area contributed by atoms with Crippen molar-refractivity contribution in [2.45, 2.75) is 25.9 Å². The Morgan fingerprint density at radius 1 is 1.32 bits per heavy atom. The van der Waals surface area contributed by atoms with Gasteiger partial charge in [0.05, 0.1) is 6.10 Å². The first-order chi connectivity index (χ1) is 12.2. The van der Waals surface area contributed by atoms with E-state index in [1.165, 1.54) is 5.56 Å². The van der Waals surface area contributed by atoms with Crippen molar-refractivity contribution in [1.82, 2.24) is 15.1 Å². The predicted molar refractivity (Wildman–Crippen MR) is 99.5 cm³/mol. The smallest absolute Gasteiger partial charge is 0.317 e. The lowest BCUT2D eigenvalue weighted by molar-refractivity contribution is 0.0906. The van der Waals surface area contributed by atoms with Crippen LogP contribution in [0, 0.1) is 11.8 Å². The number of amides is 2. The van der Waals surface area contributed by atoms with Crippen molar-refractivity contribution < 1.29 is 9.53 Å². The molecule has 5 nitrogen and oxygen atoms in total. The van der Waals surface area contributed by atoms with Crippen LogP contribution in [0.3, 0.4) is 0 Å². The number of nitrogens with zero attached hydrogens (tertiary/aromatic N) is 2. The largest absolute Gasteiger partial charge is 0.373 e. The minimum absolute atomic E-state index is 0.0837. The van der Waals surface area contributed by atoms with Crippen molar-refractivity contribution in [3.63, 3.8) is 0 Å². The molecule has 0 bridgehead atoms. The van der Waals surface area contributed by atoms with E-state index in [-0.39, 0.29) is 12.1 Å². The Morgan fingerprint density at radius 3 is 2.88 bits per heavy atom. The number of carbonyl (C=O) groups excluding carboxylic acids is 1. The second-order valence-corrected chi connectivity index (χ2v) is 7.39. The lowest BCUT2D eigenvalue weighted by atomic mass is 9.95. The fourth-order valence-corrected chi connectivity index (χ4v) is 3.92. The zero-order valence-corrected chi connectivity index (χ0v) is 15.5. The van der Waals surface area contributed by atoms with E-state index in [0.29, 0.717) is 18.4 Å². The van der Waals surface area contributed by atoms with E-state index in [1.807, 2.05) is 23.1 Å². The summed E-state index contributed by atoms with van der Waals surface area (Å²) < 4.78 is 5.91. The maximum atomic E-state index is 12.5. The lowest BCUT2D eigenvalue weighted by Gasteiger charge is -2.23. The lowest BCUT2D eigenvalue weighted by Crippen LogP contribution is -2.41. The van der Waals surface area contributed by atoms with Crippen LogP contribution in [0.5, 0.6) is 0 Å². The van der Waals surface area contributed by atoms with E-state index >= 15 is 0 Å². The van der Waals surface area contributed by atoms with Crippen LogP contribution in [-0.2, 0) is 4.74 Å². The van der Waals surface area contributed by atoms with Crippen LogP contribution in [0.15, 0.2) is 30.3 Å². The van der Waals surface area contributed by atoms with Gasteiger partial charge in [0.25, 0.3) is 0 Å². The van der Waals surface area contributed by atoms with Crippen molar-refractivity contribution in [2.24, 2.45) is 11.8 Å². The van der Waals surface area contributed by atoms with Gasteiger partial charge in [-0.1, -0.05) is 37.3 Å². The van der Waals surface area contributed by atoms with E-state index in [4.69, 9.17) is 4.74 Å². The number of hydrogen-bond acceptors (Lipinski definition) is 3. The minimum Gasteiger partial charge on any atom is -0.373 e. The number of hydrogen-bond donors (Lipinski definition) is 1. The molecule has 5 heteroatoms. The van der Waals surface area contributed by atoms with Crippen molar-refractivity contribution in [3.8, 4) is 0 Å². The van der Waals surface area contributed by atoms with Crippen LogP contribution in [0.1, 0.15) is 31.4 Å². The Labute approximate surface area is 151 Å². The molecule has 0 saturated carbocycles. The molecule has 3 unspecified atom stereocenters. The molecule has 0 aliphatic carbocycles. The Bertz CT molecular complexity index is 551. The molecule has 25 heavy (non-hydrogen) atoms. The highest BCUT2D eigenvalue weighted by atomic mass is 16.5. The number of urea groups is 1. The molecule has 0 spiro atoms. The first kappa shape index (κ1) is 18.2. The molecule has 1 N–H and O–H groups in total. The molecule has 138 valence electrons.